The standard InChI is InChI=1S/C16H23NO2/c1-12(2)14-6-4-13(5-7-14)10-17(3)15(19)16(11-18)8-9-16/h4-7,12,18H,8-11H2,1-3H3. The number of aliphatic hydroxyl groups excluding tert-OH is 1. The summed E-state index contributed by atoms with van der Waals surface area (Å²) in [4.78, 5) is 13.9. The second kappa shape index (κ2) is 5.33. The van der Waals surface area contributed by atoms with E-state index in [0.29, 0.717) is 12.5 Å². The maximum Gasteiger partial charge on any atom is 0.231 e. The van der Waals surface area contributed by atoms with Crippen molar-refractivity contribution < 1.29 is 9.90 Å². The van der Waals surface area contributed by atoms with Crippen molar-refractivity contribution in [2.75, 3.05) is 13.7 Å². The third kappa shape index (κ3) is 2.98. The lowest BCUT2D eigenvalue weighted by Crippen LogP contribution is -2.35. The molecule has 1 aromatic rings. The van der Waals surface area contributed by atoms with Crippen LogP contribution in [0.1, 0.15) is 43.7 Å². The van der Waals surface area contributed by atoms with E-state index in [4.69, 9.17) is 0 Å². The van der Waals surface area contributed by atoms with Crippen LogP contribution in [0.3, 0.4) is 0 Å². The summed E-state index contributed by atoms with van der Waals surface area (Å²) in [5.41, 5.74) is 1.98. The van der Waals surface area contributed by atoms with E-state index in [2.05, 4.69) is 38.1 Å². The van der Waals surface area contributed by atoms with Gasteiger partial charge in [-0.2, -0.15) is 0 Å². The lowest BCUT2D eigenvalue weighted by atomic mass is 10.0. The third-order valence-electron chi connectivity index (χ3n) is 4.02. The number of hydrogen-bond acceptors (Lipinski definition) is 2. The van der Waals surface area contributed by atoms with E-state index in [1.807, 2.05) is 7.05 Å². The highest BCUT2D eigenvalue weighted by Gasteiger charge is 2.50. The maximum atomic E-state index is 12.2. The average molecular weight is 261 g/mol. The van der Waals surface area contributed by atoms with Crippen LogP contribution in [0, 0.1) is 5.41 Å². The molecule has 19 heavy (non-hydrogen) atoms. The predicted molar refractivity (Wildman–Crippen MR) is 75.8 cm³/mol. The van der Waals surface area contributed by atoms with Gasteiger partial charge in [-0.25, -0.2) is 0 Å². The SMILES string of the molecule is CC(C)c1ccc(CN(C)C(=O)C2(CO)CC2)cc1. The molecule has 0 radical (unpaired) electrons. The van der Waals surface area contributed by atoms with Gasteiger partial charge in [0.1, 0.15) is 0 Å². The zero-order chi connectivity index (χ0) is 14.0. The first-order valence-electron chi connectivity index (χ1n) is 6.94. The Hall–Kier alpha value is -1.35. The first kappa shape index (κ1) is 14.1. The fourth-order valence-electron chi connectivity index (χ4n) is 2.35. The number of amides is 1. The van der Waals surface area contributed by atoms with Crippen molar-refractivity contribution in [1.82, 2.24) is 4.90 Å². The maximum absolute atomic E-state index is 12.2. The molecule has 1 N–H and O–H groups in total. The number of nitrogens with zero attached hydrogens (tertiary/aromatic N) is 1. The molecule has 0 atom stereocenters. The second-order valence-corrected chi connectivity index (χ2v) is 6.00. The Labute approximate surface area is 115 Å². The van der Waals surface area contributed by atoms with Gasteiger partial charge in [0.2, 0.25) is 5.91 Å². The van der Waals surface area contributed by atoms with Crippen LogP contribution in [0.4, 0.5) is 0 Å². The predicted octanol–water partition coefficient (Wildman–Crippen LogP) is 2.54. The molecule has 0 bridgehead atoms. The molecule has 1 amide bonds. The topological polar surface area (TPSA) is 40.5 Å². The molecular weight excluding hydrogens is 238 g/mol. The van der Waals surface area contributed by atoms with E-state index in [1.165, 1.54) is 5.56 Å². The number of aliphatic hydroxyl groups is 1. The molecule has 2 rings (SSSR count). The zero-order valence-corrected chi connectivity index (χ0v) is 12.0. The van der Waals surface area contributed by atoms with Crippen molar-refractivity contribution in [3.8, 4) is 0 Å². The Morgan fingerprint density at radius 3 is 2.32 bits per heavy atom. The summed E-state index contributed by atoms with van der Waals surface area (Å²) < 4.78 is 0. The van der Waals surface area contributed by atoms with Crippen molar-refractivity contribution in [2.24, 2.45) is 5.41 Å². The van der Waals surface area contributed by atoms with Gasteiger partial charge >= 0.3 is 0 Å². The number of rotatable bonds is 5. The highest BCUT2D eigenvalue weighted by molar-refractivity contribution is 5.85. The van der Waals surface area contributed by atoms with Crippen molar-refractivity contribution in [2.45, 2.75) is 39.2 Å². The van der Waals surface area contributed by atoms with E-state index in [1.54, 1.807) is 4.90 Å². The van der Waals surface area contributed by atoms with Crippen LogP contribution in [-0.2, 0) is 11.3 Å². The van der Waals surface area contributed by atoms with Gasteiger partial charge in [-0.05, 0) is 29.9 Å². The summed E-state index contributed by atoms with van der Waals surface area (Å²) in [5, 5.41) is 9.29. The lowest BCUT2D eigenvalue weighted by Gasteiger charge is -2.22. The van der Waals surface area contributed by atoms with Gasteiger partial charge in [0.05, 0.1) is 12.0 Å². The van der Waals surface area contributed by atoms with Crippen molar-refractivity contribution in [1.29, 1.82) is 0 Å². The largest absolute Gasteiger partial charge is 0.395 e. The smallest absolute Gasteiger partial charge is 0.231 e. The van der Waals surface area contributed by atoms with Crippen molar-refractivity contribution in [3.05, 3.63) is 35.4 Å². The van der Waals surface area contributed by atoms with Crippen LogP contribution in [0.25, 0.3) is 0 Å². The van der Waals surface area contributed by atoms with Crippen LogP contribution < -0.4 is 0 Å². The number of carbonyl (C=O) groups is 1. The Morgan fingerprint density at radius 2 is 1.89 bits per heavy atom. The molecule has 1 aliphatic rings. The Bertz CT molecular complexity index is 446. The van der Waals surface area contributed by atoms with Crippen LogP contribution in [0.15, 0.2) is 24.3 Å². The molecule has 1 aliphatic carbocycles. The number of benzene rings is 1. The van der Waals surface area contributed by atoms with E-state index in [0.717, 1.165) is 18.4 Å². The average Bonchev–Trinajstić information content (AvgIpc) is 3.19. The van der Waals surface area contributed by atoms with Gasteiger partial charge in [-0.15, -0.1) is 0 Å². The van der Waals surface area contributed by atoms with Gasteiger partial charge in [0, 0.05) is 13.6 Å². The molecular formula is C16H23NO2. The fourth-order valence-corrected chi connectivity index (χ4v) is 2.35. The number of carbonyl (C=O) groups excluding carboxylic acids is 1. The van der Waals surface area contributed by atoms with E-state index in [9.17, 15) is 9.90 Å². The van der Waals surface area contributed by atoms with Crippen LogP contribution >= 0.6 is 0 Å². The normalized spacial score (nSPS) is 16.5. The van der Waals surface area contributed by atoms with Gasteiger partial charge in [-0.3, -0.25) is 4.79 Å². The second-order valence-electron chi connectivity index (χ2n) is 6.00. The molecule has 1 saturated carbocycles. The molecule has 0 aromatic heterocycles. The number of hydrogen-bond donors (Lipinski definition) is 1. The molecule has 0 heterocycles. The molecule has 0 aliphatic heterocycles. The van der Waals surface area contributed by atoms with Gasteiger partial charge in [0.15, 0.2) is 0 Å². The molecule has 0 saturated heterocycles. The fraction of sp³-hybridized carbons (Fsp3) is 0.562. The Morgan fingerprint density at radius 1 is 1.32 bits per heavy atom. The van der Waals surface area contributed by atoms with Gasteiger partial charge < -0.3 is 10.0 Å². The molecule has 0 unspecified atom stereocenters. The first-order chi connectivity index (χ1) is 8.98. The van der Waals surface area contributed by atoms with Crippen LogP contribution in [0.5, 0.6) is 0 Å². The van der Waals surface area contributed by atoms with E-state index in [-0.39, 0.29) is 12.5 Å². The summed E-state index contributed by atoms with van der Waals surface area (Å²) in [6, 6.07) is 8.41. The molecule has 3 heteroatoms. The highest BCUT2D eigenvalue weighted by Crippen LogP contribution is 2.46. The highest BCUT2D eigenvalue weighted by atomic mass is 16.3. The van der Waals surface area contributed by atoms with Crippen LogP contribution in [-0.4, -0.2) is 29.6 Å². The minimum atomic E-state index is -0.466. The van der Waals surface area contributed by atoms with Crippen molar-refractivity contribution >= 4 is 5.91 Å². The van der Waals surface area contributed by atoms with Crippen molar-refractivity contribution in [3.63, 3.8) is 0 Å². The minimum absolute atomic E-state index is 0.0253. The van der Waals surface area contributed by atoms with E-state index >= 15 is 0 Å². The van der Waals surface area contributed by atoms with Gasteiger partial charge in [0.25, 0.3) is 0 Å². The first-order valence-corrected chi connectivity index (χ1v) is 6.94. The third-order valence-corrected chi connectivity index (χ3v) is 4.02. The summed E-state index contributed by atoms with van der Waals surface area (Å²) in [7, 11) is 1.81. The summed E-state index contributed by atoms with van der Waals surface area (Å²) in [6.45, 7) is 4.92. The van der Waals surface area contributed by atoms with Gasteiger partial charge in [-0.1, -0.05) is 38.1 Å². The Kier molecular flexibility index (Phi) is 3.95. The zero-order valence-electron chi connectivity index (χ0n) is 12.0. The minimum Gasteiger partial charge on any atom is -0.395 e. The molecule has 3 nitrogen and oxygen atoms in total. The molecule has 104 valence electrons. The molecule has 0 spiro atoms. The van der Waals surface area contributed by atoms with Crippen LogP contribution in [0.2, 0.25) is 0 Å². The summed E-state index contributed by atoms with van der Waals surface area (Å²) >= 11 is 0. The lowest BCUT2D eigenvalue weighted by molar-refractivity contribution is -0.137. The molecule has 1 aromatic carbocycles. The molecule has 1 fully saturated rings. The monoisotopic (exact) mass is 261 g/mol. The summed E-state index contributed by atoms with van der Waals surface area (Å²) in [5.74, 6) is 0.598. The summed E-state index contributed by atoms with van der Waals surface area (Å²) in [6.07, 6.45) is 1.64. The van der Waals surface area contributed by atoms with E-state index < -0.39 is 5.41 Å². The Balaban J connectivity index is 1.99. The quantitative estimate of drug-likeness (QED) is 0.885.